The van der Waals surface area contributed by atoms with Gasteiger partial charge in [-0.3, -0.25) is 0 Å². The maximum absolute atomic E-state index is 8.71. The molecule has 1 rings (SSSR count). The van der Waals surface area contributed by atoms with E-state index in [1.165, 1.54) is 0 Å². The van der Waals surface area contributed by atoms with Crippen molar-refractivity contribution in [1.29, 1.82) is 0 Å². The summed E-state index contributed by atoms with van der Waals surface area (Å²) in [5.41, 5.74) is 7.66. The molecule has 0 aliphatic heterocycles. The number of nitrogen functional groups attached to an aromatic ring is 1. The molecule has 0 radical (unpaired) electrons. The van der Waals surface area contributed by atoms with Crippen LogP contribution in [0.5, 0.6) is 0 Å². The summed E-state index contributed by atoms with van der Waals surface area (Å²) < 4.78 is 0. The zero-order chi connectivity index (χ0) is 8.97. The van der Waals surface area contributed by atoms with Gasteiger partial charge in [-0.1, -0.05) is 6.07 Å². The second-order valence-corrected chi connectivity index (χ2v) is 3.40. The van der Waals surface area contributed by atoms with E-state index in [1.54, 1.807) is 11.8 Å². The van der Waals surface area contributed by atoms with E-state index in [2.05, 4.69) is 0 Å². The lowest BCUT2D eigenvalue weighted by Gasteiger charge is -2.04. The lowest BCUT2D eigenvalue weighted by Crippen LogP contribution is -1.93. The van der Waals surface area contributed by atoms with Gasteiger partial charge in [0.25, 0.3) is 0 Å². The monoisotopic (exact) mass is 183 g/mol. The first-order valence-corrected chi connectivity index (χ1v) is 5.03. The Kier molecular flexibility index (Phi) is 3.44. The van der Waals surface area contributed by atoms with Crippen molar-refractivity contribution in [3.05, 3.63) is 23.8 Å². The number of anilines is 1. The maximum atomic E-state index is 8.71. The van der Waals surface area contributed by atoms with Crippen LogP contribution in [0.25, 0.3) is 0 Å². The summed E-state index contributed by atoms with van der Waals surface area (Å²) in [4.78, 5) is 1.08. The van der Waals surface area contributed by atoms with E-state index in [0.29, 0.717) is 6.42 Å². The normalized spacial score (nSPS) is 10.2. The number of aliphatic hydroxyl groups is 1. The Morgan fingerprint density at radius 2 is 2.25 bits per heavy atom. The van der Waals surface area contributed by atoms with E-state index in [1.807, 2.05) is 24.5 Å². The Morgan fingerprint density at radius 1 is 1.50 bits per heavy atom. The summed E-state index contributed by atoms with van der Waals surface area (Å²) in [5, 5.41) is 8.71. The van der Waals surface area contributed by atoms with Gasteiger partial charge in [0.05, 0.1) is 0 Å². The molecule has 0 aromatic heterocycles. The number of benzene rings is 1. The predicted molar refractivity (Wildman–Crippen MR) is 53.4 cm³/mol. The fourth-order valence-electron chi connectivity index (χ4n) is 1.04. The van der Waals surface area contributed by atoms with Gasteiger partial charge >= 0.3 is 0 Å². The molecule has 0 unspecified atom stereocenters. The van der Waals surface area contributed by atoms with Crippen LogP contribution in [0.2, 0.25) is 0 Å². The molecule has 1 aromatic rings. The molecule has 0 amide bonds. The number of hydrogen-bond donors (Lipinski definition) is 2. The highest BCUT2D eigenvalue weighted by Gasteiger charge is 1.98. The molecule has 3 heteroatoms. The van der Waals surface area contributed by atoms with Crippen molar-refractivity contribution in [3.8, 4) is 0 Å². The number of nitrogens with two attached hydrogens (primary N) is 1. The topological polar surface area (TPSA) is 46.2 Å². The van der Waals surface area contributed by atoms with E-state index in [4.69, 9.17) is 10.8 Å². The van der Waals surface area contributed by atoms with E-state index >= 15 is 0 Å². The van der Waals surface area contributed by atoms with Gasteiger partial charge < -0.3 is 10.8 Å². The summed E-state index contributed by atoms with van der Waals surface area (Å²) >= 11 is 1.63. The molecule has 0 bridgehead atoms. The largest absolute Gasteiger partial charge is 0.398 e. The van der Waals surface area contributed by atoms with Crippen molar-refractivity contribution in [1.82, 2.24) is 0 Å². The summed E-state index contributed by atoms with van der Waals surface area (Å²) in [7, 11) is 0. The Morgan fingerprint density at radius 3 is 2.83 bits per heavy atom. The lowest BCUT2D eigenvalue weighted by molar-refractivity contribution is 0.299. The molecule has 0 spiro atoms. The molecule has 3 N–H and O–H groups in total. The number of rotatable bonds is 3. The molecule has 0 saturated carbocycles. The van der Waals surface area contributed by atoms with Crippen LogP contribution in [-0.4, -0.2) is 18.0 Å². The summed E-state index contributed by atoms with van der Waals surface area (Å²) in [6, 6.07) is 5.86. The van der Waals surface area contributed by atoms with Crippen molar-refractivity contribution in [2.45, 2.75) is 11.3 Å². The standard InChI is InChI=1S/C9H13NOS/c1-12-9-6-7(4-5-11)2-3-8(9)10/h2-3,6,11H,4-5,10H2,1H3. The minimum atomic E-state index is 0.192. The quantitative estimate of drug-likeness (QED) is 0.552. The van der Waals surface area contributed by atoms with Crippen LogP contribution in [0.15, 0.2) is 23.1 Å². The molecule has 0 atom stereocenters. The second-order valence-electron chi connectivity index (χ2n) is 2.55. The van der Waals surface area contributed by atoms with E-state index in [9.17, 15) is 0 Å². The fraction of sp³-hybridized carbons (Fsp3) is 0.333. The minimum Gasteiger partial charge on any atom is -0.398 e. The zero-order valence-corrected chi connectivity index (χ0v) is 7.90. The Labute approximate surface area is 76.8 Å². The smallest absolute Gasteiger partial charge is 0.0471 e. The van der Waals surface area contributed by atoms with E-state index in [0.717, 1.165) is 16.1 Å². The molecule has 0 aliphatic rings. The first-order chi connectivity index (χ1) is 5.77. The van der Waals surface area contributed by atoms with Gasteiger partial charge in [-0.05, 0) is 30.4 Å². The molecule has 0 aliphatic carbocycles. The van der Waals surface area contributed by atoms with Crippen LogP contribution < -0.4 is 5.73 Å². The highest BCUT2D eigenvalue weighted by Crippen LogP contribution is 2.23. The van der Waals surface area contributed by atoms with Crippen LogP contribution >= 0.6 is 11.8 Å². The Bertz CT molecular complexity index is 263. The van der Waals surface area contributed by atoms with Gasteiger partial charge in [0, 0.05) is 17.2 Å². The molecular weight excluding hydrogens is 170 g/mol. The Hall–Kier alpha value is -0.670. The van der Waals surface area contributed by atoms with Gasteiger partial charge in [0.1, 0.15) is 0 Å². The average molecular weight is 183 g/mol. The highest BCUT2D eigenvalue weighted by atomic mass is 32.2. The molecule has 0 fully saturated rings. The molecule has 0 saturated heterocycles. The molecule has 12 heavy (non-hydrogen) atoms. The van der Waals surface area contributed by atoms with Crippen LogP contribution in [0.3, 0.4) is 0 Å². The zero-order valence-electron chi connectivity index (χ0n) is 7.08. The minimum absolute atomic E-state index is 0.192. The maximum Gasteiger partial charge on any atom is 0.0471 e. The van der Waals surface area contributed by atoms with Crippen molar-refractivity contribution >= 4 is 17.4 Å². The number of hydrogen-bond acceptors (Lipinski definition) is 3. The fourth-order valence-corrected chi connectivity index (χ4v) is 1.61. The van der Waals surface area contributed by atoms with Gasteiger partial charge in [-0.25, -0.2) is 0 Å². The van der Waals surface area contributed by atoms with Crippen molar-refractivity contribution in [2.75, 3.05) is 18.6 Å². The molecular formula is C9H13NOS. The highest BCUT2D eigenvalue weighted by molar-refractivity contribution is 7.98. The first-order valence-electron chi connectivity index (χ1n) is 3.81. The third-order valence-corrected chi connectivity index (χ3v) is 2.49. The van der Waals surface area contributed by atoms with Gasteiger partial charge in [0.15, 0.2) is 0 Å². The summed E-state index contributed by atoms with van der Waals surface area (Å²) in [6.45, 7) is 0.192. The van der Waals surface area contributed by atoms with Crippen LogP contribution in [0, 0.1) is 0 Å². The molecule has 0 heterocycles. The van der Waals surface area contributed by atoms with Crippen LogP contribution in [0.4, 0.5) is 5.69 Å². The molecule has 66 valence electrons. The van der Waals surface area contributed by atoms with Crippen LogP contribution in [0.1, 0.15) is 5.56 Å². The van der Waals surface area contributed by atoms with E-state index < -0.39 is 0 Å². The average Bonchev–Trinajstić information content (AvgIpc) is 2.09. The third kappa shape index (κ3) is 2.16. The molecule has 1 aromatic carbocycles. The van der Waals surface area contributed by atoms with E-state index in [-0.39, 0.29) is 6.61 Å². The SMILES string of the molecule is CSc1cc(CCO)ccc1N. The second kappa shape index (κ2) is 4.38. The molecule has 2 nitrogen and oxygen atoms in total. The van der Waals surface area contributed by atoms with Gasteiger partial charge in [0.2, 0.25) is 0 Å². The first kappa shape index (κ1) is 9.42. The van der Waals surface area contributed by atoms with Crippen molar-refractivity contribution < 1.29 is 5.11 Å². The lowest BCUT2D eigenvalue weighted by atomic mass is 10.1. The Balaban J connectivity index is 2.89. The van der Waals surface area contributed by atoms with Crippen molar-refractivity contribution in [3.63, 3.8) is 0 Å². The van der Waals surface area contributed by atoms with Gasteiger partial charge in [-0.15, -0.1) is 11.8 Å². The summed E-state index contributed by atoms with van der Waals surface area (Å²) in [5.74, 6) is 0. The predicted octanol–water partition coefficient (Wildman–Crippen LogP) is 1.53. The van der Waals surface area contributed by atoms with Crippen LogP contribution in [-0.2, 0) is 6.42 Å². The number of thioether (sulfide) groups is 1. The van der Waals surface area contributed by atoms with Crippen molar-refractivity contribution in [2.24, 2.45) is 0 Å². The van der Waals surface area contributed by atoms with Gasteiger partial charge in [-0.2, -0.15) is 0 Å². The summed E-state index contributed by atoms with van der Waals surface area (Å²) in [6.07, 6.45) is 2.70. The number of aliphatic hydroxyl groups excluding tert-OH is 1. The third-order valence-electron chi connectivity index (χ3n) is 1.70.